The highest BCUT2D eigenvalue weighted by atomic mass is 32.2. The molecule has 1 N–H and O–H groups in total. The topological polar surface area (TPSA) is 63.2 Å². The monoisotopic (exact) mass is 267 g/mol. The maximum Gasteiger partial charge on any atom is 0.240 e. The van der Waals surface area contributed by atoms with Gasteiger partial charge in [0.1, 0.15) is 0 Å². The van der Waals surface area contributed by atoms with Gasteiger partial charge in [-0.15, -0.1) is 0 Å². The largest absolute Gasteiger partial charge is 0.295 e. The van der Waals surface area contributed by atoms with E-state index in [1.807, 2.05) is 0 Å². The minimum Gasteiger partial charge on any atom is -0.295 e. The Morgan fingerprint density at radius 3 is 2.72 bits per heavy atom. The molecule has 1 aliphatic rings. The van der Waals surface area contributed by atoms with E-state index < -0.39 is 10.0 Å². The summed E-state index contributed by atoms with van der Waals surface area (Å²) >= 11 is 0. The molecule has 4 nitrogen and oxygen atoms in total. The third-order valence-corrected chi connectivity index (χ3v) is 4.79. The molecule has 18 heavy (non-hydrogen) atoms. The van der Waals surface area contributed by atoms with Gasteiger partial charge in [0.25, 0.3) is 0 Å². The maximum absolute atomic E-state index is 12.1. The van der Waals surface area contributed by atoms with E-state index in [2.05, 4.69) is 11.6 Å². The molecule has 2 unspecified atom stereocenters. The van der Waals surface area contributed by atoms with Crippen LogP contribution in [0.15, 0.2) is 29.2 Å². The van der Waals surface area contributed by atoms with Crippen molar-refractivity contribution in [3.63, 3.8) is 0 Å². The van der Waals surface area contributed by atoms with Gasteiger partial charge in [-0.25, -0.2) is 13.1 Å². The lowest BCUT2D eigenvalue weighted by Crippen LogP contribution is -2.27. The van der Waals surface area contributed by atoms with Crippen LogP contribution in [0.1, 0.15) is 37.0 Å². The SMILES string of the molecule is CCC1CC1NS(=O)(=O)c1cccc(C(C)=O)c1. The van der Waals surface area contributed by atoms with Crippen LogP contribution in [-0.2, 0) is 10.0 Å². The first-order chi connectivity index (χ1) is 8.44. The minimum atomic E-state index is -3.50. The number of ketones is 1. The molecule has 0 aromatic heterocycles. The fourth-order valence-corrected chi connectivity index (χ4v) is 3.36. The minimum absolute atomic E-state index is 0.0565. The summed E-state index contributed by atoms with van der Waals surface area (Å²) in [5, 5.41) is 0. The van der Waals surface area contributed by atoms with Crippen LogP contribution in [0.2, 0.25) is 0 Å². The van der Waals surface area contributed by atoms with E-state index >= 15 is 0 Å². The normalized spacial score (nSPS) is 22.8. The number of sulfonamides is 1. The van der Waals surface area contributed by atoms with Crippen LogP contribution < -0.4 is 4.72 Å². The molecule has 0 bridgehead atoms. The molecule has 0 radical (unpaired) electrons. The summed E-state index contributed by atoms with van der Waals surface area (Å²) in [5.41, 5.74) is 0.417. The lowest BCUT2D eigenvalue weighted by atomic mass is 10.2. The predicted molar refractivity (Wildman–Crippen MR) is 69.0 cm³/mol. The van der Waals surface area contributed by atoms with Crippen LogP contribution in [0.4, 0.5) is 0 Å². The first-order valence-corrected chi connectivity index (χ1v) is 7.55. The summed E-state index contributed by atoms with van der Waals surface area (Å²) in [6.45, 7) is 3.47. The molecule has 2 rings (SSSR count). The Bertz CT molecular complexity index is 565. The average Bonchev–Trinajstić information content (AvgIpc) is 3.07. The smallest absolute Gasteiger partial charge is 0.240 e. The Morgan fingerprint density at radius 2 is 2.17 bits per heavy atom. The van der Waals surface area contributed by atoms with Crippen LogP contribution in [0.3, 0.4) is 0 Å². The van der Waals surface area contributed by atoms with Crippen molar-refractivity contribution in [2.24, 2.45) is 5.92 Å². The van der Waals surface area contributed by atoms with Crippen molar-refractivity contribution in [1.29, 1.82) is 0 Å². The average molecular weight is 267 g/mol. The Kier molecular flexibility index (Phi) is 3.54. The molecule has 1 aromatic rings. The van der Waals surface area contributed by atoms with E-state index in [-0.39, 0.29) is 16.7 Å². The first-order valence-electron chi connectivity index (χ1n) is 6.07. The second-order valence-electron chi connectivity index (χ2n) is 4.72. The van der Waals surface area contributed by atoms with E-state index in [4.69, 9.17) is 0 Å². The highest BCUT2D eigenvalue weighted by molar-refractivity contribution is 7.89. The summed E-state index contributed by atoms with van der Waals surface area (Å²) in [6.07, 6.45) is 1.89. The molecule has 0 heterocycles. The van der Waals surface area contributed by atoms with Gasteiger partial charge in [0.05, 0.1) is 4.90 Å². The molecule has 2 atom stereocenters. The molecule has 98 valence electrons. The van der Waals surface area contributed by atoms with Gasteiger partial charge in [-0.1, -0.05) is 25.5 Å². The molecular weight excluding hydrogens is 250 g/mol. The molecule has 0 spiro atoms. The first kappa shape index (κ1) is 13.2. The number of benzene rings is 1. The summed E-state index contributed by atoms with van der Waals surface area (Å²) in [7, 11) is -3.50. The molecule has 1 aromatic carbocycles. The van der Waals surface area contributed by atoms with Crippen molar-refractivity contribution < 1.29 is 13.2 Å². The Morgan fingerprint density at radius 1 is 1.44 bits per heavy atom. The highest BCUT2D eigenvalue weighted by Gasteiger charge is 2.38. The van der Waals surface area contributed by atoms with Crippen molar-refractivity contribution >= 4 is 15.8 Å². The summed E-state index contributed by atoms with van der Waals surface area (Å²) in [6, 6.07) is 6.20. The highest BCUT2D eigenvalue weighted by Crippen LogP contribution is 2.34. The van der Waals surface area contributed by atoms with Gasteiger partial charge in [-0.05, 0) is 31.4 Å². The van der Waals surface area contributed by atoms with Crippen molar-refractivity contribution in [2.45, 2.75) is 37.6 Å². The zero-order chi connectivity index (χ0) is 13.3. The van der Waals surface area contributed by atoms with Gasteiger partial charge in [0, 0.05) is 11.6 Å². The fourth-order valence-electron chi connectivity index (χ4n) is 1.99. The van der Waals surface area contributed by atoms with Crippen LogP contribution in [0.5, 0.6) is 0 Å². The van der Waals surface area contributed by atoms with Gasteiger partial charge in [0.15, 0.2) is 5.78 Å². The van der Waals surface area contributed by atoms with Crippen LogP contribution in [0.25, 0.3) is 0 Å². The van der Waals surface area contributed by atoms with Crippen LogP contribution in [0, 0.1) is 5.92 Å². The van der Waals surface area contributed by atoms with E-state index in [0.717, 1.165) is 12.8 Å². The van der Waals surface area contributed by atoms with Crippen molar-refractivity contribution in [2.75, 3.05) is 0 Å². The third-order valence-electron chi connectivity index (χ3n) is 3.30. The number of hydrogen-bond donors (Lipinski definition) is 1. The Balaban J connectivity index is 2.19. The number of rotatable bonds is 5. The summed E-state index contributed by atoms with van der Waals surface area (Å²) in [4.78, 5) is 11.4. The van der Waals surface area contributed by atoms with Gasteiger partial charge in [-0.3, -0.25) is 4.79 Å². The van der Waals surface area contributed by atoms with Gasteiger partial charge < -0.3 is 0 Å². The van der Waals surface area contributed by atoms with Crippen LogP contribution >= 0.6 is 0 Å². The second-order valence-corrected chi connectivity index (χ2v) is 6.43. The standard InChI is InChI=1S/C13H17NO3S/c1-3-10-8-13(10)14-18(16,17)12-6-4-5-11(7-12)9(2)15/h4-7,10,13-14H,3,8H2,1-2H3. The van der Waals surface area contributed by atoms with Gasteiger partial charge in [-0.2, -0.15) is 0 Å². The number of Topliss-reactive ketones (excluding diaryl/α,β-unsaturated/α-hetero) is 1. The third kappa shape index (κ3) is 2.79. The van der Waals surface area contributed by atoms with Gasteiger partial charge in [0.2, 0.25) is 10.0 Å². The molecule has 5 heteroatoms. The quantitative estimate of drug-likeness (QED) is 0.830. The number of hydrogen-bond acceptors (Lipinski definition) is 3. The predicted octanol–water partition coefficient (Wildman–Crippen LogP) is 1.97. The molecule has 1 saturated carbocycles. The molecule has 0 amide bonds. The second kappa shape index (κ2) is 4.82. The van der Waals surface area contributed by atoms with Crippen molar-refractivity contribution in [3.05, 3.63) is 29.8 Å². The molecule has 1 aliphatic carbocycles. The van der Waals surface area contributed by atoms with Crippen molar-refractivity contribution in [3.8, 4) is 0 Å². The zero-order valence-electron chi connectivity index (χ0n) is 10.5. The van der Waals surface area contributed by atoms with E-state index in [1.54, 1.807) is 12.1 Å². The lowest BCUT2D eigenvalue weighted by Gasteiger charge is -2.07. The lowest BCUT2D eigenvalue weighted by molar-refractivity contribution is 0.101. The Labute approximate surface area is 107 Å². The maximum atomic E-state index is 12.1. The number of nitrogens with one attached hydrogen (secondary N) is 1. The van der Waals surface area contributed by atoms with Crippen LogP contribution in [-0.4, -0.2) is 20.2 Å². The van der Waals surface area contributed by atoms with E-state index in [1.165, 1.54) is 19.1 Å². The summed E-state index contributed by atoms with van der Waals surface area (Å²) in [5.74, 6) is 0.320. The molecule has 0 aliphatic heterocycles. The van der Waals surface area contributed by atoms with Crippen molar-refractivity contribution in [1.82, 2.24) is 4.72 Å². The van der Waals surface area contributed by atoms with E-state index in [9.17, 15) is 13.2 Å². The molecule has 1 fully saturated rings. The van der Waals surface area contributed by atoms with E-state index in [0.29, 0.717) is 11.5 Å². The molecule has 0 saturated heterocycles. The van der Waals surface area contributed by atoms with Gasteiger partial charge >= 0.3 is 0 Å². The summed E-state index contributed by atoms with van der Waals surface area (Å²) < 4.78 is 26.9. The number of carbonyl (C=O) groups is 1. The molecular formula is C13H17NO3S. The number of carbonyl (C=O) groups excluding carboxylic acids is 1. The Hall–Kier alpha value is -1.20. The fraction of sp³-hybridized carbons (Fsp3) is 0.462. The zero-order valence-corrected chi connectivity index (χ0v) is 11.3.